The Morgan fingerprint density at radius 1 is 0.500 bits per heavy atom. The van der Waals surface area contributed by atoms with Crippen LogP contribution in [0.2, 0.25) is 0 Å². The molecular formula is C66H61N3O. The minimum atomic E-state index is -0.0957. The number of aromatic hydroxyl groups is 1. The van der Waals surface area contributed by atoms with Crippen LogP contribution in [0.5, 0.6) is 5.75 Å². The number of nitrogens with zero attached hydrogens (tertiary/aromatic N) is 3. The molecule has 10 aromatic rings. The zero-order chi connectivity index (χ0) is 48.8. The first-order valence-electron chi connectivity index (χ1n) is 24.7. The Bertz CT molecular complexity index is 3540. The van der Waals surface area contributed by atoms with Crippen LogP contribution in [0.4, 0.5) is 0 Å². The number of hydrogen-bond donors (Lipinski definition) is 1. The second-order valence-electron chi connectivity index (χ2n) is 20.6. The Morgan fingerprint density at radius 3 is 1.83 bits per heavy atom. The summed E-state index contributed by atoms with van der Waals surface area (Å²) in [7, 11) is 0. The molecule has 0 fully saturated rings. The van der Waals surface area contributed by atoms with Crippen molar-refractivity contribution in [3.8, 4) is 89.7 Å². The lowest BCUT2D eigenvalue weighted by molar-refractivity contribution is 0.466. The van der Waals surface area contributed by atoms with E-state index in [1.165, 1.54) is 27.8 Å². The SMILES string of the molecule is Cc1ccc(-c2ccnc(-c3cc(-c4ccccc4)cc(-c4cccc5c4nc(-c4cc(C(C)C)cc(C(C)C)c4O)n5-c4ccc(-c5c(-c6ccccc6)cccc5C(C)(C)C)cc4C)c3)c2)cc1. The van der Waals surface area contributed by atoms with Crippen molar-refractivity contribution in [3.05, 3.63) is 216 Å². The molecule has 0 unspecified atom stereocenters. The number of phenols is 1. The van der Waals surface area contributed by atoms with E-state index in [1.807, 2.05) is 6.20 Å². The van der Waals surface area contributed by atoms with E-state index in [-0.39, 0.29) is 23.0 Å². The Morgan fingerprint density at radius 2 is 1.14 bits per heavy atom. The third-order valence-electron chi connectivity index (χ3n) is 13.9. The number of aryl methyl sites for hydroxylation is 2. The molecule has 0 bridgehead atoms. The summed E-state index contributed by atoms with van der Waals surface area (Å²) in [5, 5.41) is 12.4. The summed E-state index contributed by atoms with van der Waals surface area (Å²) in [6.45, 7) is 19.9. The van der Waals surface area contributed by atoms with Crippen molar-refractivity contribution >= 4 is 11.0 Å². The van der Waals surface area contributed by atoms with E-state index in [2.05, 4.69) is 249 Å². The number of benzene rings is 8. The number of aromatic nitrogens is 3. The molecule has 0 saturated carbocycles. The fourth-order valence-electron chi connectivity index (χ4n) is 10.0. The molecule has 0 spiro atoms. The maximum absolute atomic E-state index is 12.4. The molecule has 2 heterocycles. The van der Waals surface area contributed by atoms with Crippen LogP contribution in [0.3, 0.4) is 0 Å². The van der Waals surface area contributed by atoms with Gasteiger partial charge in [0.25, 0.3) is 0 Å². The average Bonchev–Trinajstić information content (AvgIpc) is 3.75. The minimum Gasteiger partial charge on any atom is -0.507 e. The van der Waals surface area contributed by atoms with Crippen LogP contribution in [-0.4, -0.2) is 19.6 Å². The zero-order valence-electron chi connectivity index (χ0n) is 41.8. The fraction of sp³-hybridized carbons (Fsp3) is 0.182. The van der Waals surface area contributed by atoms with Crippen LogP contribution < -0.4 is 0 Å². The topological polar surface area (TPSA) is 50.9 Å². The van der Waals surface area contributed by atoms with Crippen LogP contribution >= 0.6 is 0 Å². The van der Waals surface area contributed by atoms with Gasteiger partial charge < -0.3 is 5.11 Å². The molecule has 1 N–H and O–H groups in total. The Hall–Kier alpha value is -7.82. The summed E-state index contributed by atoms with van der Waals surface area (Å²) in [6.07, 6.45) is 1.91. The smallest absolute Gasteiger partial charge is 0.149 e. The molecule has 2 aromatic heterocycles. The highest BCUT2D eigenvalue weighted by Gasteiger charge is 2.26. The third-order valence-corrected chi connectivity index (χ3v) is 13.9. The Kier molecular flexibility index (Phi) is 12.2. The molecule has 70 heavy (non-hydrogen) atoms. The highest BCUT2D eigenvalue weighted by molar-refractivity contribution is 5.98. The molecule has 8 aromatic carbocycles. The van der Waals surface area contributed by atoms with E-state index < -0.39 is 0 Å². The van der Waals surface area contributed by atoms with E-state index in [9.17, 15) is 5.11 Å². The summed E-state index contributed by atoms with van der Waals surface area (Å²) in [5.74, 6) is 1.31. The van der Waals surface area contributed by atoms with Gasteiger partial charge in [-0.2, -0.15) is 0 Å². The van der Waals surface area contributed by atoms with Gasteiger partial charge in [0.1, 0.15) is 11.6 Å². The number of imidazole rings is 1. The maximum Gasteiger partial charge on any atom is 0.149 e. The molecule has 0 aliphatic carbocycles. The van der Waals surface area contributed by atoms with Crippen molar-refractivity contribution in [2.45, 2.75) is 79.6 Å². The summed E-state index contributed by atoms with van der Waals surface area (Å²) < 4.78 is 2.28. The highest BCUT2D eigenvalue weighted by atomic mass is 16.3. The minimum absolute atomic E-state index is 0.0957. The second-order valence-corrected chi connectivity index (χ2v) is 20.6. The normalized spacial score (nSPS) is 11.8. The molecule has 0 atom stereocenters. The van der Waals surface area contributed by atoms with Crippen molar-refractivity contribution in [3.63, 3.8) is 0 Å². The monoisotopic (exact) mass is 911 g/mol. The first kappa shape index (κ1) is 45.9. The van der Waals surface area contributed by atoms with Gasteiger partial charge in [-0.1, -0.05) is 181 Å². The third kappa shape index (κ3) is 8.75. The van der Waals surface area contributed by atoms with Crippen LogP contribution in [0.25, 0.3) is 95.0 Å². The standard InChI is InChI=1S/C66H61N3O/c1-41(2)50-38-56(42(3)4)64(70)57(39-50)65-68-63-55(52-35-51(45-18-12-10-13-19-45)36-53(37-52)59-40-48(32-33-67-59)46-28-26-43(5)27-29-46)23-17-25-61(63)69(65)60-31-30-49(34-44(60)6)62-54(47-20-14-11-15-21-47)22-16-24-58(62)66(7,8)9/h10-42,70H,1-9H3. The number of hydrogen-bond acceptors (Lipinski definition) is 3. The van der Waals surface area contributed by atoms with E-state index >= 15 is 0 Å². The van der Waals surface area contributed by atoms with Crippen molar-refractivity contribution < 1.29 is 5.11 Å². The summed E-state index contributed by atoms with van der Waals surface area (Å²) in [4.78, 5) is 10.6. The van der Waals surface area contributed by atoms with E-state index in [4.69, 9.17) is 9.97 Å². The van der Waals surface area contributed by atoms with Crippen LogP contribution in [0.15, 0.2) is 188 Å². The van der Waals surface area contributed by atoms with Crippen molar-refractivity contribution in [2.75, 3.05) is 0 Å². The van der Waals surface area contributed by atoms with Gasteiger partial charge >= 0.3 is 0 Å². The number of rotatable bonds is 10. The van der Waals surface area contributed by atoms with E-state index in [0.717, 1.165) is 89.2 Å². The van der Waals surface area contributed by atoms with Gasteiger partial charge in [-0.15, -0.1) is 0 Å². The molecule has 0 aliphatic heterocycles. The molecule has 0 aliphatic rings. The van der Waals surface area contributed by atoms with E-state index in [0.29, 0.717) is 5.82 Å². The van der Waals surface area contributed by atoms with Crippen LogP contribution in [0.1, 0.15) is 88.1 Å². The van der Waals surface area contributed by atoms with Crippen molar-refractivity contribution in [1.29, 1.82) is 0 Å². The average molecular weight is 912 g/mol. The summed E-state index contributed by atoms with van der Waals surface area (Å²) in [5.41, 5.74) is 22.4. The number of pyridine rings is 1. The first-order chi connectivity index (χ1) is 33.7. The second kappa shape index (κ2) is 18.6. The predicted octanol–water partition coefficient (Wildman–Crippen LogP) is 18.0. The number of para-hydroxylation sites is 1. The largest absolute Gasteiger partial charge is 0.507 e. The van der Waals surface area contributed by atoms with Crippen LogP contribution in [0, 0.1) is 13.8 Å². The fourth-order valence-corrected chi connectivity index (χ4v) is 10.0. The summed E-state index contributed by atoms with van der Waals surface area (Å²) in [6, 6.07) is 65.4. The lowest BCUT2D eigenvalue weighted by atomic mass is 9.78. The summed E-state index contributed by atoms with van der Waals surface area (Å²) >= 11 is 0. The van der Waals surface area contributed by atoms with Gasteiger partial charge in [0.05, 0.1) is 28.0 Å². The molecule has 0 saturated heterocycles. The molecule has 4 heteroatoms. The molecule has 4 nitrogen and oxygen atoms in total. The van der Waals surface area contributed by atoms with Gasteiger partial charge in [0.15, 0.2) is 0 Å². The van der Waals surface area contributed by atoms with Gasteiger partial charge in [-0.05, 0) is 158 Å². The highest BCUT2D eigenvalue weighted by Crippen LogP contribution is 2.45. The van der Waals surface area contributed by atoms with Gasteiger partial charge in [0, 0.05) is 17.3 Å². The van der Waals surface area contributed by atoms with Crippen molar-refractivity contribution in [2.24, 2.45) is 0 Å². The van der Waals surface area contributed by atoms with Gasteiger partial charge in [-0.3, -0.25) is 9.55 Å². The Labute approximate surface area is 414 Å². The Balaban J connectivity index is 1.22. The molecule has 10 rings (SSSR count). The van der Waals surface area contributed by atoms with Crippen LogP contribution in [-0.2, 0) is 5.41 Å². The number of fused-ring (bicyclic) bond motifs is 1. The van der Waals surface area contributed by atoms with E-state index in [1.54, 1.807) is 0 Å². The zero-order valence-corrected chi connectivity index (χ0v) is 41.8. The van der Waals surface area contributed by atoms with Gasteiger partial charge in [0.2, 0.25) is 0 Å². The predicted molar refractivity (Wildman–Crippen MR) is 295 cm³/mol. The molecule has 0 radical (unpaired) electrons. The van der Waals surface area contributed by atoms with Gasteiger partial charge in [-0.25, -0.2) is 4.98 Å². The molecule has 0 amide bonds. The molecule has 346 valence electrons. The molecular weight excluding hydrogens is 851 g/mol. The maximum atomic E-state index is 12.4. The quantitative estimate of drug-likeness (QED) is 0.149. The first-order valence-corrected chi connectivity index (χ1v) is 24.7. The lowest BCUT2D eigenvalue weighted by Crippen LogP contribution is -2.13. The lowest BCUT2D eigenvalue weighted by Gasteiger charge is -2.26. The van der Waals surface area contributed by atoms with Crippen molar-refractivity contribution in [1.82, 2.24) is 14.5 Å². The number of phenolic OH excluding ortho intramolecular Hbond substituents is 1.